The maximum atomic E-state index is 14.4. The molecule has 0 unspecified atom stereocenters. The molecule has 16 heteroatoms. The van der Waals surface area contributed by atoms with Crippen molar-refractivity contribution in [2.45, 2.75) is 127 Å². The minimum atomic E-state index is -4.39. The number of rotatable bonds is 8. The first-order chi connectivity index (χ1) is 24.7. The summed E-state index contributed by atoms with van der Waals surface area (Å²) in [7, 11) is -2.81. The van der Waals surface area contributed by atoms with Gasteiger partial charge in [0.25, 0.3) is 5.91 Å². The van der Waals surface area contributed by atoms with Gasteiger partial charge in [0.1, 0.15) is 35.1 Å². The van der Waals surface area contributed by atoms with Gasteiger partial charge in [0.15, 0.2) is 0 Å². The predicted molar refractivity (Wildman–Crippen MR) is 188 cm³/mol. The Labute approximate surface area is 304 Å². The molecule has 52 heavy (non-hydrogen) atoms. The van der Waals surface area contributed by atoms with E-state index >= 15 is 0 Å². The van der Waals surface area contributed by atoms with Crippen LogP contribution in [-0.4, -0.2) is 91.2 Å². The summed E-state index contributed by atoms with van der Waals surface area (Å²) in [6, 6.07) is 5.17. The normalized spacial score (nSPS) is 27.3. The average molecular weight is 744 g/mol. The first-order valence-corrected chi connectivity index (χ1v) is 19.5. The van der Waals surface area contributed by atoms with E-state index in [4.69, 9.17) is 18.4 Å². The topological polar surface area (TPSA) is 192 Å². The molecule has 0 radical (unpaired) electrons. The Morgan fingerprint density at radius 2 is 1.73 bits per heavy atom. The lowest BCUT2D eigenvalue weighted by Crippen LogP contribution is -2.58. The highest BCUT2D eigenvalue weighted by atomic mass is 32.2. The summed E-state index contributed by atoms with van der Waals surface area (Å²) in [5.41, 5.74) is -2.29. The zero-order valence-electron chi connectivity index (χ0n) is 30.1. The summed E-state index contributed by atoms with van der Waals surface area (Å²) in [5, 5.41) is 7.14. The zero-order chi connectivity index (χ0) is 37.3. The third-order valence-electron chi connectivity index (χ3n) is 9.96. The Hall–Kier alpha value is -4.18. The summed E-state index contributed by atoms with van der Waals surface area (Å²) in [4.78, 5) is 61.2. The number of nitrogens with one attached hydrogen (secondary N) is 3. The molecule has 284 valence electrons. The molecular weight excluding hydrogens is 694 g/mol. The molecule has 6 rings (SSSR count). The van der Waals surface area contributed by atoms with Gasteiger partial charge in [0, 0.05) is 18.0 Å². The maximum absolute atomic E-state index is 14.4. The minimum absolute atomic E-state index is 0.0100. The van der Waals surface area contributed by atoms with Crippen LogP contribution in [0.15, 0.2) is 30.5 Å². The van der Waals surface area contributed by atoms with Gasteiger partial charge in [-0.05, 0) is 88.4 Å². The van der Waals surface area contributed by atoms with Gasteiger partial charge in [0.05, 0.1) is 19.8 Å². The second-order valence-electron chi connectivity index (χ2n) is 15.3. The van der Waals surface area contributed by atoms with Gasteiger partial charge in [-0.15, -0.1) is 0 Å². The summed E-state index contributed by atoms with van der Waals surface area (Å²) in [6.45, 7) is 5.17. The van der Waals surface area contributed by atoms with Gasteiger partial charge in [-0.2, -0.15) is 8.42 Å². The quantitative estimate of drug-likeness (QED) is 0.358. The van der Waals surface area contributed by atoms with E-state index < -0.39 is 69.6 Å². The Balaban J connectivity index is 1.29. The van der Waals surface area contributed by atoms with Crippen LogP contribution in [0.25, 0.3) is 10.8 Å². The van der Waals surface area contributed by atoms with Crippen molar-refractivity contribution in [3.8, 4) is 11.6 Å². The van der Waals surface area contributed by atoms with Gasteiger partial charge in [0.2, 0.25) is 17.7 Å². The van der Waals surface area contributed by atoms with Gasteiger partial charge in [-0.1, -0.05) is 32.1 Å². The van der Waals surface area contributed by atoms with Crippen molar-refractivity contribution in [3.05, 3.63) is 30.5 Å². The molecule has 1 aromatic heterocycles. The molecular formula is C36H49N5O10S. The van der Waals surface area contributed by atoms with E-state index in [1.165, 1.54) is 4.90 Å². The molecule has 4 fully saturated rings. The molecule has 2 saturated heterocycles. The summed E-state index contributed by atoms with van der Waals surface area (Å²) < 4.78 is 49.7. The number of carbonyl (C=O) groups is 4. The monoisotopic (exact) mass is 743 g/mol. The molecule has 3 N–H and O–H groups in total. The van der Waals surface area contributed by atoms with Crippen LogP contribution in [-0.2, 0) is 33.6 Å². The largest absolute Gasteiger partial charge is 0.497 e. The van der Waals surface area contributed by atoms with Gasteiger partial charge >= 0.3 is 16.4 Å². The van der Waals surface area contributed by atoms with Crippen molar-refractivity contribution in [1.29, 1.82) is 0 Å². The van der Waals surface area contributed by atoms with Crippen LogP contribution in [0.5, 0.6) is 11.6 Å². The number of carbonyl (C=O) groups excluding carboxylic acids is 4. The minimum Gasteiger partial charge on any atom is -0.497 e. The number of benzene rings is 1. The predicted octanol–water partition coefficient (Wildman–Crippen LogP) is 3.64. The average Bonchev–Trinajstić information content (AvgIpc) is 3.98. The maximum Gasteiger partial charge on any atom is 0.408 e. The number of hydrogen-bond donors (Lipinski definition) is 3. The molecule has 2 saturated carbocycles. The molecule has 4 aliphatic rings. The third-order valence-corrected chi connectivity index (χ3v) is 10.9. The summed E-state index contributed by atoms with van der Waals surface area (Å²) >= 11 is 0. The van der Waals surface area contributed by atoms with E-state index in [1.54, 1.807) is 40.1 Å². The second-order valence-corrected chi connectivity index (χ2v) is 16.6. The molecule has 2 aliphatic carbocycles. The van der Waals surface area contributed by atoms with Gasteiger partial charge in [-0.25, -0.2) is 14.5 Å². The van der Waals surface area contributed by atoms with Crippen LogP contribution in [0.3, 0.4) is 0 Å². The fraction of sp³-hybridized carbons (Fsp3) is 0.639. The van der Waals surface area contributed by atoms with E-state index in [0.717, 1.165) is 31.1 Å². The van der Waals surface area contributed by atoms with Crippen LogP contribution in [0.2, 0.25) is 0 Å². The summed E-state index contributed by atoms with van der Waals surface area (Å²) in [6.07, 6.45) is 6.04. The lowest BCUT2D eigenvalue weighted by molar-refractivity contribution is -0.141. The number of hydrogen-bond acceptors (Lipinski definition) is 11. The molecule has 2 aliphatic heterocycles. The van der Waals surface area contributed by atoms with Crippen molar-refractivity contribution < 1.29 is 46.0 Å². The highest BCUT2D eigenvalue weighted by molar-refractivity contribution is 7.85. The van der Waals surface area contributed by atoms with Crippen molar-refractivity contribution >= 4 is 44.9 Å². The highest BCUT2D eigenvalue weighted by Crippen LogP contribution is 2.48. The Morgan fingerprint density at radius 1 is 1.00 bits per heavy atom. The number of fused-ring (bicyclic) bond motifs is 3. The van der Waals surface area contributed by atoms with Crippen LogP contribution >= 0.6 is 0 Å². The summed E-state index contributed by atoms with van der Waals surface area (Å²) in [5.74, 6) is -1.31. The van der Waals surface area contributed by atoms with Crippen molar-refractivity contribution in [1.82, 2.24) is 25.2 Å². The highest BCUT2D eigenvalue weighted by Gasteiger charge is 2.62. The molecule has 0 spiro atoms. The van der Waals surface area contributed by atoms with Crippen molar-refractivity contribution in [2.75, 3.05) is 13.7 Å². The van der Waals surface area contributed by atoms with E-state index in [-0.39, 0.29) is 25.3 Å². The molecule has 1 aromatic carbocycles. The fourth-order valence-corrected chi connectivity index (χ4v) is 8.11. The van der Waals surface area contributed by atoms with Crippen LogP contribution in [0, 0.1) is 5.92 Å². The zero-order valence-corrected chi connectivity index (χ0v) is 31.0. The van der Waals surface area contributed by atoms with Crippen molar-refractivity contribution in [2.24, 2.45) is 5.92 Å². The number of nitrogens with zero attached hydrogens (tertiary/aromatic N) is 2. The standard InChI is InChI=1S/C36H49N5O10S/c1-35(2,3)50-34(45)38-28-11-9-7-5-6-8-10-23-20-36(23,33(44)40-52(46,47)51-24-12-13-24)39-30(42)29-19-26(21-41(29)32(28)43)49-31-27-15-14-25(48-4)18-22(27)16-17-37-31/h14-18,23-24,26,28-29H,5-13,19-21H2,1-4H3,(H,38,45)(H,39,42)(H,40,44)/t23-,26-,28+,29+,36-/m1/s1. The number of ether oxygens (including phenoxy) is 3. The number of amides is 4. The SMILES string of the molecule is COc1ccc2c(O[C@@H]3C[C@H]4C(=O)N[C@]5(C(=O)NS(=O)(=O)OC6CC6)C[C@H]5CCCCCCC[C@H](NC(=O)OC(C)(C)C)C(=O)N4C3)nccc2c1. The van der Waals surface area contributed by atoms with E-state index in [0.29, 0.717) is 49.1 Å². The van der Waals surface area contributed by atoms with Crippen LogP contribution in [0.1, 0.15) is 91.4 Å². The Kier molecular flexibility index (Phi) is 10.9. The number of methoxy groups -OCH3 is 1. The molecule has 3 heterocycles. The lowest BCUT2D eigenvalue weighted by Gasteiger charge is -2.30. The Bertz CT molecular complexity index is 1790. The molecule has 5 atom stereocenters. The van der Waals surface area contributed by atoms with Gasteiger partial charge < -0.3 is 29.7 Å². The van der Waals surface area contributed by atoms with E-state index in [1.807, 2.05) is 22.9 Å². The fourth-order valence-electron chi connectivity index (χ4n) is 7.10. The van der Waals surface area contributed by atoms with Crippen LogP contribution in [0.4, 0.5) is 4.79 Å². The number of alkyl carbamates (subject to hydrolysis) is 1. The second kappa shape index (κ2) is 15.0. The van der Waals surface area contributed by atoms with Crippen LogP contribution < -0.4 is 24.8 Å². The smallest absolute Gasteiger partial charge is 0.408 e. The number of aromatic nitrogens is 1. The molecule has 15 nitrogen and oxygen atoms in total. The third kappa shape index (κ3) is 9.06. The Morgan fingerprint density at radius 3 is 2.44 bits per heavy atom. The molecule has 0 bridgehead atoms. The van der Waals surface area contributed by atoms with Gasteiger partial charge in [-0.3, -0.25) is 18.6 Å². The molecule has 2 aromatic rings. The first-order valence-electron chi connectivity index (χ1n) is 18.1. The lowest BCUT2D eigenvalue weighted by atomic mass is 10.0. The van der Waals surface area contributed by atoms with Crippen molar-refractivity contribution in [3.63, 3.8) is 0 Å². The van der Waals surface area contributed by atoms with E-state index in [9.17, 15) is 27.6 Å². The van der Waals surface area contributed by atoms with E-state index in [2.05, 4.69) is 15.6 Å². The number of pyridine rings is 1. The first kappa shape index (κ1) is 37.6. The molecule has 4 amide bonds.